The van der Waals surface area contributed by atoms with E-state index in [9.17, 15) is 0 Å². The maximum absolute atomic E-state index is 5.46. The van der Waals surface area contributed by atoms with E-state index in [1.807, 2.05) is 0 Å². The molecule has 2 N–H and O–H groups in total. The van der Waals surface area contributed by atoms with Gasteiger partial charge in [0.25, 0.3) is 0 Å². The van der Waals surface area contributed by atoms with Crippen molar-refractivity contribution in [3.8, 4) is 0 Å². The molecule has 0 heterocycles. The largest absolute Gasteiger partial charge is 0.330 e. The highest BCUT2D eigenvalue weighted by Gasteiger charge is 2.09. The van der Waals surface area contributed by atoms with Crippen LogP contribution in [-0.2, 0) is 0 Å². The van der Waals surface area contributed by atoms with Crippen molar-refractivity contribution in [1.82, 2.24) is 4.90 Å². The van der Waals surface area contributed by atoms with E-state index < -0.39 is 0 Å². The predicted octanol–water partition coefficient (Wildman–Crippen LogP) is 2.48. The fourth-order valence-corrected chi connectivity index (χ4v) is 1.51. The molecule has 0 atom stereocenters. The van der Waals surface area contributed by atoms with Crippen molar-refractivity contribution in [2.75, 3.05) is 26.7 Å². The summed E-state index contributed by atoms with van der Waals surface area (Å²) in [5, 5.41) is 0. The van der Waals surface area contributed by atoms with Crippen molar-refractivity contribution in [3.05, 3.63) is 0 Å². The number of nitrogens with zero attached hydrogens (tertiary/aromatic N) is 1. The summed E-state index contributed by atoms with van der Waals surface area (Å²) < 4.78 is 0. The average molecular weight is 200 g/mol. The highest BCUT2D eigenvalue weighted by Crippen LogP contribution is 2.21. The molecule has 0 aliphatic carbocycles. The predicted molar refractivity (Wildman–Crippen MR) is 64.5 cm³/mol. The zero-order valence-electron chi connectivity index (χ0n) is 10.5. The van der Waals surface area contributed by atoms with Crippen LogP contribution in [0.4, 0.5) is 0 Å². The second-order valence-electron chi connectivity index (χ2n) is 5.46. The fourth-order valence-electron chi connectivity index (χ4n) is 1.51. The van der Waals surface area contributed by atoms with Crippen molar-refractivity contribution in [1.29, 1.82) is 0 Å². The Labute approximate surface area is 89.9 Å². The standard InChI is InChI=1S/C12H28N2/c1-12(2,3)8-5-6-10-14(4)11-7-9-13/h5-11,13H2,1-4H3. The first-order chi connectivity index (χ1) is 6.45. The van der Waals surface area contributed by atoms with E-state index in [1.54, 1.807) is 0 Å². The Kier molecular flexibility index (Phi) is 7.20. The fraction of sp³-hybridized carbons (Fsp3) is 1.00. The lowest BCUT2D eigenvalue weighted by atomic mass is 9.90. The maximum Gasteiger partial charge on any atom is -0.000977 e. The summed E-state index contributed by atoms with van der Waals surface area (Å²) in [5.74, 6) is 0. The summed E-state index contributed by atoms with van der Waals surface area (Å²) in [7, 11) is 2.19. The smallest absolute Gasteiger partial charge is 0.000977 e. The van der Waals surface area contributed by atoms with Gasteiger partial charge in [-0.05, 0) is 51.4 Å². The molecule has 0 aliphatic heterocycles. The summed E-state index contributed by atoms with van der Waals surface area (Å²) in [4.78, 5) is 2.38. The SMILES string of the molecule is CN(CCCN)CCCCC(C)(C)C. The van der Waals surface area contributed by atoms with Gasteiger partial charge in [-0.25, -0.2) is 0 Å². The van der Waals surface area contributed by atoms with Gasteiger partial charge in [-0.1, -0.05) is 27.2 Å². The Morgan fingerprint density at radius 1 is 1.00 bits per heavy atom. The maximum atomic E-state index is 5.46. The molecule has 0 radical (unpaired) electrons. The van der Waals surface area contributed by atoms with E-state index in [4.69, 9.17) is 5.73 Å². The number of rotatable bonds is 7. The van der Waals surface area contributed by atoms with Crippen molar-refractivity contribution in [2.24, 2.45) is 11.1 Å². The molecule has 0 saturated carbocycles. The summed E-state index contributed by atoms with van der Waals surface area (Å²) in [6, 6.07) is 0. The molecule has 0 rings (SSSR count). The van der Waals surface area contributed by atoms with Crippen LogP contribution in [-0.4, -0.2) is 31.6 Å². The molecule has 0 bridgehead atoms. The number of nitrogens with two attached hydrogens (primary N) is 1. The Morgan fingerprint density at radius 3 is 2.07 bits per heavy atom. The van der Waals surface area contributed by atoms with Gasteiger partial charge in [0.2, 0.25) is 0 Å². The monoisotopic (exact) mass is 200 g/mol. The van der Waals surface area contributed by atoms with Gasteiger partial charge >= 0.3 is 0 Å². The molecule has 14 heavy (non-hydrogen) atoms. The van der Waals surface area contributed by atoms with Crippen molar-refractivity contribution >= 4 is 0 Å². The summed E-state index contributed by atoms with van der Waals surface area (Å²) in [6.45, 7) is 10.1. The van der Waals surface area contributed by atoms with Crippen LogP contribution in [0.15, 0.2) is 0 Å². The normalized spacial score (nSPS) is 12.4. The topological polar surface area (TPSA) is 29.3 Å². The molecule has 0 unspecified atom stereocenters. The second-order valence-corrected chi connectivity index (χ2v) is 5.46. The van der Waals surface area contributed by atoms with Gasteiger partial charge in [-0.15, -0.1) is 0 Å². The summed E-state index contributed by atoms with van der Waals surface area (Å²) >= 11 is 0. The first kappa shape index (κ1) is 13.9. The van der Waals surface area contributed by atoms with Gasteiger partial charge in [0.15, 0.2) is 0 Å². The average Bonchev–Trinajstić information content (AvgIpc) is 2.07. The van der Waals surface area contributed by atoms with Crippen LogP contribution in [0.2, 0.25) is 0 Å². The first-order valence-corrected chi connectivity index (χ1v) is 5.84. The van der Waals surface area contributed by atoms with E-state index in [1.165, 1.54) is 25.8 Å². The van der Waals surface area contributed by atoms with Crippen LogP contribution < -0.4 is 5.73 Å². The van der Waals surface area contributed by atoms with Gasteiger partial charge < -0.3 is 10.6 Å². The molecule has 2 nitrogen and oxygen atoms in total. The third-order valence-electron chi connectivity index (χ3n) is 2.46. The van der Waals surface area contributed by atoms with Gasteiger partial charge in [-0.3, -0.25) is 0 Å². The van der Waals surface area contributed by atoms with E-state index in [0.29, 0.717) is 5.41 Å². The number of hydrogen-bond acceptors (Lipinski definition) is 2. The molecule has 0 fully saturated rings. The minimum absolute atomic E-state index is 0.496. The molecular weight excluding hydrogens is 172 g/mol. The number of hydrogen-bond donors (Lipinski definition) is 1. The molecule has 2 heteroatoms. The van der Waals surface area contributed by atoms with Crippen molar-refractivity contribution < 1.29 is 0 Å². The lowest BCUT2D eigenvalue weighted by molar-refractivity contribution is 0.301. The Balaban J connectivity index is 3.27. The third kappa shape index (κ3) is 10.0. The van der Waals surface area contributed by atoms with E-state index in [0.717, 1.165) is 19.5 Å². The van der Waals surface area contributed by atoms with Gasteiger partial charge in [0.1, 0.15) is 0 Å². The molecule has 0 spiro atoms. The Morgan fingerprint density at radius 2 is 1.57 bits per heavy atom. The van der Waals surface area contributed by atoms with Crippen molar-refractivity contribution in [2.45, 2.75) is 46.5 Å². The summed E-state index contributed by atoms with van der Waals surface area (Å²) in [6.07, 6.45) is 5.11. The number of unbranched alkanes of at least 4 members (excludes halogenated alkanes) is 1. The molecule has 0 aromatic carbocycles. The third-order valence-corrected chi connectivity index (χ3v) is 2.46. The highest BCUT2D eigenvalue weighted by atomic mass is 15.1. The van der Waals surface area contributed by atoms with Crippen LogP contribution >= 0.6 is 0 Å². The second kappa shape index (κ2) is 7.24. The van der Waals surface area contributed by atoms with Gasteiger partial charge in [0, 0.05) is 0 Å². The quantitative estimate of drug-likeness (QED) is 0.640. The lowest BCUT2D eigenvalue weighted by Crippen LogP contribution is -2.23. The van der Waals surface area contributed by atoms with Crippen LogP contribution in [0.25, 0.3) is 0 Å². The molecule has 0 aromatic rings. The molecule has 0 amide bonds. The molecule has 0 saturated heterocycles. The summed E-state index contributed by atoms with van der Waals surface area (Å²) in [5.41, 5.74) is 5.96. The van der Waals surface area contributed by atoms with Crippen molar-refractivity contribution in [3.63, 3.8) is 0 Å². The zero-order valence-corrected chi connectivity index (χ0v) is 10.5. The van der Waals surface area contributed by atoms with Gasteiger partial charge in [-0.2, -0.15) is 0 Å². The minimum atomic E-state index is 0.496. The molecule has 86 valence electrons. The molecule has 0 aromatic heterocycles. The van der Waals surface area contributed by atoms with E-state index >= 15 is 0 Å². The Hall–Kier alpha value is -0.0800. The van der Waals surface area contributed by atoms with Crippen LogP contribution in [0.5, 0.6) is 0 Å². The van der Waals surface area contributed by atoms with Crippen LogP contribution in [0.1, 0.15) is 46.5 Å². The highest BCUT2D eigenvalue weighted by molar-refractivity contribution is 4.62. The first-order valence-electron chi connectivity index (χ1n) is 5.84. The zero-order chi connectivity index (χ0) is 11.0. The van der Waals surface area contributed by atoms with E-state index in [2.05, 4.69) is 32.7 Å². The van der Waals surface area contributed by atoms with E-state index in [-0.39, 0.29) is 0 Å². The van der Waals surface area contributed by atoms with Gasteiger partial charge in [0.05, 0.1) is 0 Å². The molecule has 0 aliphatic rings. The van der Waals surface area contributed by atoms with Crippen LogP contribution in [0.3, 0.4) is 0 Å². The minimum Gasteiger partial charge on any atom is -0.330 e. The van der Waals surface area contributed by atoms with Crippen LogP contribution in [0, 0.1) is 5.41 Å². The lowest BCUT2D eigenvalue weighted by Gasteiger charge is -2.20. The molecular formula is C12H28N2. The Bertz CT molecular complexity index is 127.